The van der Waals surface area contributed by atoms with Crippen molar-refractivity contribution < 1.29 is 4.79 Å². The molecule has 4 rings (SSSR count). The maximum Gasteiger partial charge on any atom is 0.211 e. The lowest BCUT2D eigenvalue weighted by molar-refractivity contribution is -0.105. The summed E-state index contributed by atoms with van der Waals surface area (Å²) in [5.74, 6) is 2.61. The molecule has 4 heteroatoms. The van der Waals surface area contributed by atoms with E-state index in [1.165, 1.54) is 37.7 Å². The van der Waals surface area contributed by atoms with Crippen LogP contribution in [0, 0.1) is 17.8 Å². The third kappa shape index (κ3) is 4.05. The minimum absolute atomic E-state index is 0.234. The molecule has 0 aromatic heterocycles. The number of halogens is 1. The molecule has 1 amide bonds. The predicted octanol–water partition coefficient (Wildman–Crippen LogP) is 6.76. The van der Waals surface area contributed by atoms with Crippen molar-refractivity contribution in [2.75, 3.05) is 10.6 Å². The number of carbonyl (C=O) groups is 1. The second-order valence-corrected chi connectivity index (χ2v) is 9.58. The zero-order valence-electron chi connectivity index (χ0n) is 16.7. The highest BCUT2D eigenvalue weighted by molar-refractivity contribution is 6.33. The van der Waals surface area contributed by atoms with E-state index >= 15 is 0 Å². The van der Waals surface area contributed by atoms with Gasteiger partial charge in [-0.2, -0.15) is 0 Å². The van der Waals surface area contributed by atoms with Crippen molar-refractivity contribution in [1.82, 2.24) is 0 Å². The fourth-order valence-electron chi connectivity index (χ4n) is 5.69. The van der Waals surface area contributed by atoms with Gasteiger partial charge in [-0.15, -0.1) is 0 Å². The summed E-state index contributed by atoms with van der Waals surface area (Å²) >= 11 is 6.66. The molecule has 2 fully saturated rings. The van der Waals surface area contributed by atoms with Gasteiger partial charge < -0.3 is 10.6 Å². The highest BCUT2D eigenvalue weighted by atomic mass is 35.5. The van der Waals surface area contributed by atoms with Gasteiger partial charge in [0.1, 0.15) is 0 Å². The van der Waals surface area contributed by atoms with E-state index in [9.17, 15) is 4.79 Å². The maximum atomic E-state index is 10.5. The van der Waals surface area contributed by atoms with Crippen molar-refractivity contribution >= 4 is 35.1 Å². The van der Waals surface area contributed by atoms with Gasteiger partial charge in [0, 0.05) is 11.4 Å². The number of nitrogens with one attached hydrogen (secondary N) is 2. The van der Waals surface area contributed by atoms with Crippen molar-refractivity contribution in [3.63, 3.8) is 0 Å². The molecule has 28 heavy (non-hydrogen) atoms. The first-order valence-electron chi connectivity index (χ1n) is 10.3. The van der Waals surface area contributed by atoms with Crippen molar-refractivity contribution in [3.8, 4) is 0 Å². The lowest BCUT2D eigenvalue weighted by Crippen LogP contribution is -2.38. The van der Waals surface area contributed by atoms with Crippen LogP contribution in [0.2, 0.25) is 5.02 Å². The molecule has 2 atom stereocenters. The molecular formula is C24H29ClN2O. The predicted molar refractivity (Wildman–Crippen MR) is 117 cm³/mol. The van der Waals surface area contributed by atoms with Crippen LogP contribution in [0.3, 0.4) is 0 Å². The summed E-state index contributed by atoms with van der Waals surface area (Å²) < 4.78 is 0. The highest BCUT2D eigenvalue weighted by Gasteiger charge is 2.41. The van der Waals surface area contributed by atoms with Crippen LogP contribution in [0.5, 0.6) is 0 Å². The minimum Gasteiger partial charge on any atom is -0.354 e. The van der Waals surface area contributed by atoms with E-state index in [1.54, 1.807) is 0 Å². The lowest BCUT2D eigenvalue weighted by Gasteiger charge is -2.47. The lowest BCUT2D eigenvalue weighted by atomic mass is 9.57. The Bertz CT molecular complexity index is 830. The van der Waals surface area contributed by atoms with Gasteiger partial charge in [0.05, 0.1) is 10.7 Å². The maximum absolute atomic E-state index is 10.5. The van der Waals surface area contributed by atoms with Gasteiger partial charge in [-0.25, -0.2) is 0 Å². The number of benzene rings is 2. The molecule has 0 heterocycles. The molecule has 2 aromatic carbocycles. The smallest absolute Gasteiger partial charge is 0.211 e. The molecule has 2 saturated carbocycles. The third-order valence-corrected chi connectivity index (χ3v) is 6.98. The monoisotopic (exact) mass is 396 g/mol. The molecule has 0 saturated heterocycles. The molecule has 148 valence electrons. The first-order valence-corrected chi connectivity index (χ1v) is 10.7. The number of hydrogen-bond acceptors (Lipinski definition) is 2. The third-order valence-electron chi connectivity index (χ3n) is 6.67. The van der Waals surface area contributed by atoms with E-state index in [1.807, 2.05) is 24.3 Å². The summed E-state index contributed by atoms with van der Waals surface area (Å²) in [6.07, 6.45) is 7.42. The van der Waals surface area contributed by atoms with E-state index < -0.39 is 0 Å². The first-order chi connectivity index (χ1) is 13.4. The summed E-state index contributed by atoms with van der Waals surface area (Å²) in [6.45, 7) is 4.85. The summed E-state index contributed by atoms with van der Waals surface area (Å²) in [5, 5.41) is 6.79. The van der Waals surface area contributed by atoms with Crippen LogP contribution >= 0.6 is 11.6 Å². The largest absolute Gasteiger partial charge is 0.354 e. The van der Waals surface area contributed by atoms with Gasteiger partial charge in [0.15, 0.2) is 0 Å². The molecule has 2 aliphatic rings. The Hall–Kier alpha value is -2.00. The Morgan fingerprint density at radius 1 is 1.00 bits per heavy atom. The zero-order valence-corrected chi connectivity index (χ0v) is 17.4. The summed E-state index contributed by atoms with van der Waals surface area (Å²) in [7, 11) is 0. The molecule has 2 bridgehead atoms. The Balaban J connectivity index is 1.50. The van der Waals surface area contributed by atoms with Crippen molar-refractivity contribution in [2.45, 2.75) is 51.4 Å². The van der Waals surface area contributed by atoms with Crippen molar-refractivity contribution in [3.05, 3.63) is 53.1 Å². The van der Waals surface area contributed by atoms with Crippen LogP contribution in [0.25, 0.3) is 0 Å². The van der Waals surface area contributed by atoms with Crippen LogP contribution < -0.4 is 10.6 Å². The van der Waals surface area contributed by atoms with Crippen LogP contribution in [0.4, 0.5) is 17.1 Å². The average Bonchev–Trinajstić information content (AvgIpc) is 2.64. The second kappa shape index (κ2) is 7.79. The Kier molecular flexibility index (Phi) is 5.37. The minimum atomic E-state index is 0.234. The SMILES string of the molecule is CC1CC2CC(C1)CC(C)(c1ccc(Nc3ccc(NC=O)cc3)c(Cl)c1)C2. The molecule has 0 aliphatic heterocycles. The number of carbonyl (C=O) groups excluding carboxylic acids is 1. The number of hydrogen-bond donors (Lipinski definition) is 2. The van der Waals surface area contributed by atoms with Gasteiger partial charge in [0.2, 0.25) is 6.41 Å². The van der Waals surface area contributed by atoms with E-state index in [4.69, 9.17) is 11.6 Å². The average molecular weight is 397 g/mol. The van der Waals surface area contributed by atoms with E-state index in [2.05, 4.69) is 42.7 Å². The molecule has 3 nitrogen and oxygen atoms in total. The second-order valence-electron chi connectivity index (χ2n) is 9.17. The van der Waals surface area contributed by atoms with Crippen LogP contribution in [0.15, 0.2) is 42.5 Å². The van der Waals surface area contributed by atoms with Gasteiger partial charge in [-0.3, -0.25) is 4.79 Å². The number of rotatable bonds is 5. The number of amides is 1. The van der Waals surface area contributed by atoms with Gasteiger partial charge in [-0.05, 0) is 97.2 Å². The topological polar surface area (TPSA) is 41.1 Å². The van der Waals surface area contributed by atoms with Gasteiger partial charge in [0.25, 0.3) is 0 Å². The molecule has 0 spiro atoms. The molecular weight excluding hydrogens is 368 g/mol. The quantitative estimate of drug-likeness (QED) is 0.548. The van der Waals surface area contributed by atoms with Crippen molar-refractivity contribution in [2.24, 2.45) is 17.8 Å². The zero-order chi connectivity index (χ0) is 19.7. The van der Waals surface area contributed by atoms with E-state index in [0.717, 1.165) is 39.8 Å². The summed E-state index contributed by atoms with van der Waals surface area (Å²) in [4.78, 5) is 10.5. The van der Waals surface area contributed by atoms with Crippen LogP contribution in [0.1, 0.15) is 51.5 Å². The molecule has 0 radical (unpaired) electrons. The molecule has 2 N–H and O–H groups in total. The van der Waals surface area contributed by atoms with Gasteiger partial charge in [-0.1, -0.05) is 31.5 Å². The fourth-order valence-corrected chi connectivity index (χ4v) is 5.92. The van der Waals surface area contributed by atoms with E-state index in [-0.39, 0.29) is 5.41 Å². The summed E-state index contributed by atoms with van der Waals surface area (Å²) in [6, 6.07) is 14.1. The Morgan fingerprint density at radius 3 is 2.25 bits per heavy atom. The van der Waals surface area contributed by atoms with Gasteiger partial charge >= 0.3 is 0 Å². The van der Waals surface area contributed by atoms with E-state index in [0.29, 0.717) is 6.41 Å². The molecule has 2 aromatic rings. The Morgan fingerprint density at radius 2 is 1.64 bits per heavy atom. The number of fused-ring (bicyclic) bond motifs is 2. The Labute approximate surface area is 172 Å². The van der Waals surface area contributed by atoms with Crippen molar-refractivity contribution in [1.29, 1.82) is 0 Å². The standard InChI is InChI=1S/C24H29ClN2O/c1-16-9-17-11-18(10-16)14-24(2,13-17)19-3-8-23(22(25)12-19)27-21-6-4-20(5-7-21)26-15-28/h3-8,12,15-18,27H,9-11,13-14H2,1-2H3,(H,26,28). The molecule has 2 unspecified atom stereocenters. The summed E-state index contributed by atoms with van der Waals surface area (Å²) in [5.41, 5.74) is 4.23. The number of anilines is 3. The normalized spacial score (nSPS) is 29.2. The highest BCUT2D eigenvalue weighted by Crippen LogP contribution is 2.51. The van der Waals surface area contributed by atoms with Crippen LogP contribution in [-0.2, 0) is 10.2 Å². The van der Waals surface area contributed by atoms with Crippen LogP contribution in [-0.4, -0.2) is 6.41 Å². The fraction of sp³-hybridized carbons (Fsp3) is 0.458. The first kappa shape index (κ1) is 19.3. The molecule has 2 aliphatic carbocycles.